The van der Waals surface area contributed by atoms with Gasteiger partial charge in [0.1, 0.15) is 6.04 Å². The van der Waals surface area contributed by atoms with Gasteiger partial charge in [-0.1, -0.05) is 29.8 Å². The number of rotatable bonds is 6. The molecule has 1 heterocycles. The van der Waals surface area contributed by atoms with Crippen LogP contribution in [0.25, 0.3) is 0 Å². The fraction of sp³-hybridized carbons (Fsp3) is 0.375. The average molecular weight is 356 g/mol. The Kier molecular flexibility index (Phi) is 7.64. The number of ether oxygens (including phenoxy) is 1. The van der Waals surface area contributed by atoms with E-state index < -0.39 is 6.04 Å². The molecule has 0 radical (unpaired) electrons. The van der Waals surface area contributed by atoms with Crippen molar-refractivity contribution < 1.29 is 9.53 Å². The summed E-state index contributed by atoms with van der Waals surface area (Å²) in [5.41, 5.74) is 9.10. The van der Waals surface area contributed by atoms with Crippen molar-refractivity contribution in [1.82, 2.24) is 4.98 Å². The standard InChI is InChI=1S/C16H21N3O2S.ClH/c1-10-5-4-6-12(7-10)8-14-11(2)18-16(22-14)19-15(20)13(17)9-21-3;/h4-7,13H,8-9,17H2,1-3H3,(H,18,19,20);1H. The smallest absolute Gasteiger partial charge is 0.245 e. The van der Waals surface area contributed by atoms with E-state index in [0.717, 1.165) is 17.0 Å². The lowest BCUT2D eigenvalue weighted by molar-refractivity contribution is -0.118. The third-order valence-corrected chi connectivity index (χ3v) is 4.33. The van der Waals surface area contributed by atoms with Gasteiger partial charge in [0.05, 0.1) is 12.3 Å². The van der Waals surface area contributed by atoms with Crippen LogP contribution in [-0.4, -0.2) is 30.6 Å². The molecule has 0 aliphatic carbocycles. The fourth-order valence-corrected chi connectivity index (χ4v) is 3.11. The van der Waals surface area contributed by atoms with Gasteiger partial charge in [-0.05, 0) is 19.4 Å². The van der Waals surface area contributed by atoms with Gasteiger partial charge in [-0.15, -0.1) is 23.7 Å². The molecule has 0 aliphatic heterocycles. The highest BCUT2D eigenvalue weighted by Gasteiger charge is 2.16. The number of amides is 1. The van der Waals surface area contributed by atoms with E-state index in [1.54, 1.807) is 0 Å². The third kappa shape index (κ3) is 5.58. The molecule has 5 nitrogen and oxygen atoms in total. The highest BCUT2D eigenvalue weighted by atomic mass is 35.5. The van der Waals surface area contributed by atoms with Crippen molar-refractivity contribution in [2.24, 2.45) is 5.73 Å². The number of thiazole rings is 1. The number of nitrogens with zero attached hydrogens (tertiary/aromatic N) is 1. The quantitative estimate of drug-likeness (QED) is 0.835. The minimum absolute atomic E-state index is 0. The summed E-state index contributed by atoms with van der Waals surface area (Å²) in [6.45, 7) is 4.21. The molecule has 0 fully saturated rings. The molecule has 0 bridgehead atoms. The van der Waals surface area contributed by atoms with Crippen LogP contribution < -0.4 is 11.1 Å². The maximum atomic E-state index is 11.9. The molecule has 1 unspecified atom stereocenters. The Morgan fingerprint density at radius 2 is 2.17 bits per heavy atom. The normalized spacial score (nSPS) is 11.7. The zero-order chi connectivity index (χ0) is 16.1. The maximum absolute atomic E-state index is 11.9. The van der Waals surface area contributed by atoms with Crippen LogP contribution in [-0.2, 0) is 16.0 Å². The Hall–Kier alpha value is -1.47. The van der Waals surface area contributed by atoms with Crippen molar-refractivity contribution in [3.8, 4) is 0 Å². The molecular weight excluding hydrogens is 334 g/mol. The van der Waals surface area contributed by atoms with Gasteiger partial charge in [-0.3, -0.25) is 4.79 Å². The predicted octanol–water partition coefficient (Wildman–Crippen LogP) is 2.68. The maximum Gasteiger partial charge on any atom is 0.245 e. The zero-order valence-electron chi connectivity index (χ0n) is 13.5. The summed E-state index contributed by atoms with van der Waals surface area (Å²) in [6.07, 6.45) is 0.811. The second-order valence-electron chi connectivity index (χ2n) is 5.24. The summed E-state index contributed by atoms with van der Waals surface area (Å²) in [4.78, 5) is 17.4. The molecule has 1 aromatic heterocycles. The van der Waals surface area contributed by atoms with Crippen LogP contribution in [0.15, 0.2) is 24.3 Å². The van der Waals surface area contributed by atoms with E-state index in [-0.39, 0.29) is 24.9 Å². The number of halogens is 1. The number of carbonyl (C=O) groups excluding carboxylic acids is 1. The molecule has 0 aliphatic rings. The number of aromatic nitrogens is 1. The van der Waals surface area contributed by atoms with Crippen LogP contribution in [0.4, 0.5) is 5.13 Å². The van der Waals surface area contributed by atoms with E-state index in [4.69, 9.17) is 10.5 Å². The summed E-state index contributed by atoms with van der Waals surface area (Å²) < 4.78 is 4.88. The van der Waals surface area contributed by atoms with Gasteiger partial charge in [-0.25, -0.2) is 4.98 Å². The highest BCUT2D eigenvalue weighted by Crippen LogP contribution is 2.25. The summed E-state index contributed by atoms with van der Waals surface area (Å²) in [5.74, 6) is -0.280. The molecular formula is C16H22ClN3O2S. The Balaban J connectivity index is 0.00000264. The Morgan fingerprint density at radius 1 is 1.43 bits per heavy atom. The van der Waals surface area contributed by atoms with Gasteiger partial charge in [0.25, 0.3) is 0 Å². The minimum atomic E-state index is -0.686. The van der Waals surface area contributed by atoms with Crippen molar-refractivity contribution in [1.29, 1.82) is 0 Å². The van der Waals surface area contributed by atoms with Crippen molar-refractivity contribution >= 4 is 34.8 Å². The molecule has 1 aromatic carbocycles. The van der Waals surface area contributed by atoms with Crippen molar-refractivity contribution in [2.45, 2.75) is 26.3 Å². The van der Waals surface area contributed by atoms with Crippen LogP contribution in [0, 0.1) is 13.8 Å². The lowest BCUT2D eigenvalue weighted by atomic mass is 10.1. The van der Waals surface area contributed by atoms with Gasteiger partial charge in [-0.2, -0.15) is 0 Å². The largest absolute Gasteiger partial charge is 0.383 e. The molecule has 1 amide bonds. The predicted molar refractivity (Wildman–Crippen MR) is 96.6 cm³/mol. The van der Waals surface area contributed by atoms with Crippen LogP contribution in [0.2, 0.25) is 0 Å². The van der Waals surface area contributed by atoms with Crippen molar-refractivity contribution in [3.63, 3.8) is 0 Å². The molecule has 0 saturated heterocycles. The zero-order valence-corrected chi connectivity index (χ0v) is 15.1. The molecule has 0 saturated carbocycles. The summed E-state index contributed by atoms with van der Waals surface area (Å²) in [7, 11) is 1.51. The summed E-state index contributed by atoms with van der Waals surface area (Å²) in [6, 6.07) is 7.69. The lowest BCUT2D eigenvalue weighted by Gasteiger charge is -2.08. The van der Waals surface area contributed by atoms with E-state index in [1.807, 2.05) is 13.0 Å². The number of nitrogens with two attached hydrogens (primary N) is 1. The van der Waals surface area contributed by atoms with Crippen molar-refractivity contribution in [3.05, 3.63) is 46.0 Å². The number of carbonyl (C=O) groups is 1. The lowest BCUT2D eigenvalue weighted by Crippen LogP contribution is -2.39. The topological polar surface area (TPSA) is 77.2 Å². The summed E-state index contributed by atoms with van der Waals surface area (Å²) >= 11 is 1.48. The monoisotopic (exact) mass is 355 g/mol. The average Bonchev–Trinajstić information content (AvgIpc) is 2.79. The molecule has 2 aromatic rings. The number of hydrogen-bond acceptors (Lipinski definition) is 5. The second-order valence-corrected chi connectivity index (χ2v) is 6.33. The van der Waals surface area contributed by atoms with Gasteiger partial charge >= 0.3 is 0 Å². The Morgan fingerprint density at radius 3 is 2.83 bits per heavy atom. The first-order chi connectivity index (χ1) is 10.5. The fourth-order valence-electron chi connectivity index (χ4n) is 2.11. The van der Waals surface area contributed by atoms with E-state index in [2.05, 4.69) is 35.4 Å². The number of methoxy groups -OCH3 is 1. The van der Waals surface area contributed by atoms with Crippen LogP contribution >= 0.6 is 23.7 Å². The molecule has 7 heteroatoms. The molecule has 126 valence electrons. The second kappa shape index (κ2) is 8.98. The number of aryl methyl sites for hydroxylation is 2. The van der Waals surface area contributed by atoms with E-state index in [0.29, 0.717) is 5.13 Å². The minimum Gasteiger partial charge on any atom is -0.383 e. The van der Waals surface area contributed by atoms with Crippen LogP contribution in [0.3, 0.4) is 0 Å². The summed E-state index contributed by atoms with van der Waals surface area (Å²) in [5, 5.41) is 3.33. The van der Waals surface area contributed by atoms with E-state index in [9.17, 15) is 4.79 Å². The number of benzene rings is 1. The Labute approximate surface area is 146 Å². The molecule has 0 spiro atoms. The number of anilines is 1. The highest BCUT2D eigenvalue weighted by molar-refractivity contribution is 7.15. The Bertz CT molecular complexity index is 661. The first kappa shape index (κ1) is 19.6. The van der Waals surface area contributed by atoms with Gasteiger partial charge in [0.2, 0.25) is 5.91 Å². The number of hydrogen-bond donors (Lipinski definition) is 2. The van der Waals surface area contributed by atoms with E-state index in [1.165, 1.54) is 29.6 Å². The van der Waals surface area contributed by atoms with Gasteiger partial charge in [0, 0.05) is 18.4 Å². The first-order valence-corrected chi connectivity index (χ1v) is 7.88. The third-order valence-electron chi connectivity index (χ3n) is 3.25. The molecule has 1 atom stereocenters. The SMILES string of the molecule is COCC(N)C(=O)Nc1nc(C)c(Cc2cccc(C)c2)s1.Cl. The van der Waals surface area contributed by atoms with Crippen molar-refractivity contribution in [2.75, 3.05) is 19.0 Å². The van der Waals surface area contributed by atoms with E-state index >= 15 is 0 Å². The molecule has 2 rings (SSSR count). The van der Waals surface area contributed by atoms with Crippen LogP contribution in [0.5, 0.6) is 0 Å². The van der Waals surface area contributed by atoms with Gasteiger partial charge < -0.3 is 15.8 Å². The van der Waals surface area contributed by atoms with Gasteiger partial charge in [0.15, 0.2) is 5.13 Å². The molecule has 23 heavy (non-hydrogen) atoms. The molecule has 3 N–H and O–H groups in total. The number of nitrogens with one attached hydrogen (secondary N) is 1. The first-order valence-electron chi connectivity index (χ1n) is 7.07. The van der Waals surface area contributed by atoms with Crippen LogP contribution in [0.1, 0.15) is 21.7 Å².